The van der Waals surface area contributed by atoms with Gasteiger partial charge in [0.1, 0.15) is 0 Å². The molecule has 8 heteroatoms. The predicted octanol–water partition coefficient (Wildman–Crippen LogP) is 4.07. The lowest BCUT2D eigenvalue weighted by molar-refractivity contribution is 0.355. The molecule has 2 aromatic carbocycles. The minimum Gasteiger partial charge on any atom is -0.493 e. The summed E-state index contributed by atoms with van der Waals surface area (Å²) in [4.78, 5) is 28.6. The lowest BCUT2D eigenvalue weighted by atomic mass is 10.1. The summed E-state index contributed by atoms with van der Waals surface area (Å²) < 4.78 is 10.6. The molecule has 0 amide bonds. The number of aromatic amines is 1. The van der Waals surface area contributed by atoms with Crippen molar-refractivity contribution in [2.75, 3.05) is 19.5 Å². The van der Waals surface area contributed by atoms with Crippen molar-refractivity contribution in [2.24, 2.45) is 0 Å². The third kappa shape index (κ3) is 4.05. The fourth-order valence-electron chi connectivity index (χ4n) is 3.36. The van der Waals surface area contributed by atoms with Crippen LogP contribution in [0.4, 0.5) is 11.9 Å². The SMILES string of the molecule is COc1ccc(-c2cc(=O)[nH]c(Nc3nc(C)c4cc(C)c(C)cc4n3)n2)cc1OC. The van der Waals surface area contributed by atoms with Crippen molar-refractivity contribution < 1.29 is 9.47 Å². The number of anilines is 2. The average molecular weight is 417 g/mol. The molecule has 158 valence electrons. The van der Waals surface area contributed by atoms with Crippen molar-refractivity contribution in [2.45, 2.75) is 20.8 Å². The largest absolute Gasteiger partial charge is 0.493 e. The summed E-state index contributed by atoms with van der Waals surface area (Å²) in [5, 5.41) is 4.02. The van der Waals surface area contributed by atoms with E-state index in [2.05, 4.69) is 38.2 Å². The van der Waals surface area contributed by atoms with Gasteiger partial charge < -0.3 is 9.47 Å². The zero-order valence-corrected chi connectivity index (χ0v) is 18.0. The summed E-state index contributed by atoms with van der Waals surface area (Å²) in [6.07, 6.45) is 0. The highest BCUT2D eigenvalue weighted by molar-refractivity contribution is 5.83. The third-order valence-corrected chi connectivity index (χ3v) is 5.15. The van der Waals surface area contributed by atoms with E-state index in [1.807, 2.05) is 26.0 Å². The van der Waals surface area contributed by atoms with Gasteiger partial charge in [-0.25, -0.2) is 15.0 Å². The van der Waals surface area contributed by atoms with Gasteiger partial charge in [-0.1, -0.05) is 0 Å². The summed E-state index contributed by atoms with van der Waals surface area (Å²) in [7, 11) is 3.13. The standard InChI is InChI=1S/C23H23N5O3/c1-12-8-16-14(3)24-22(26-18(16)9-13(12)2)28-23-25-17(11-21(29)27-23)15-6-7-19(30-4)20(10-15)31-5/h6-11H,1-5H3,(H2,24,25,26,27,28,29). The molecule has 0 unspecified atom stereocenters. The monoisotopic (exact) mass is 417 g/mol. The van der Waals surface area contributed by atoms with Crippen LogP contribution in [0.3, 0.4) is 0 Å². The number of methoxy groups -OCH3 is 2. The van der Waals surface area contributed by atoms with Gasteiger partial charge in [-0.3, -0.25) is 15.1 Å². The molecule has 0 atom stereocenters. The number of benzene rings is 2. The Morgan fingerprint density at radius 3 is 2.35 bits per heavy atom. The Kier molecular flexibility index (Phi) is 5.29. The van der Waals surface area contributed by atoms with Gasteiger partial charge in [-0.2, -0.15) is 0 Å². The minimum atomic E-state index is -0.300. The topological polar surface area (TPSA) is 102 Å². The highest BCUT2D eigenvalue weighted by Crippen LogP contribution is 2.31. The Morgan fingerprint density at radius 2 is 1.61 bits per heavy atom. The van der Waals surface area contributed by atoms with Gasteiger partial charge in [-0.05, 0) is 62.2 Å². The lowest BCUT2D eigenvalue weighted by Crippen LogP contribution is -2.12. The number of aryl methyl sites for hydroxylation is 3. The zero-order valence-electron chi connectivity index (χ0n) is 18.0. The summed E-state index contributed by atoms with van der Waals surface area (Å²) in [5.41, 5.74) is 4.91. The van der Waals surface area contributed by atoms with Crippen LogP contribution < -0.4 is 20.3 Å². The quantitative estimate of drug-likeness (QED) is 0.505. The highest BCUT2D eigenvalue weighted by Gasteiger charge is 2.11. The van der Waals surface area contributed by atoms with Crippen LogP contribution in [0, 0.1) is 20.8 Å². The number of nitrogens with zero attached hydrogens (tertiary/aromatic N) is 3. The van der Waals surface area contributed by atoms with E-state index in [0.717, 1.165) is 22.2 Å². The maximum Gasteiger partial charge on any atom is 0.252 e. The first kappa shape index (κ1) is 20.3. The number of aromatic nitrogens is 4. The number of H-pyrrole nitrogens is 1. The van der Waals surface area contributed by atoms with Crippen LogP contribution >= 0.6 is 0 Å². The highest BCUT2D eigenvalue weighted by atomic mass is 16.5. The number of rotatable bonds is 5. The second-order valence-corrected chi connectivity index (χ2v) is 7.26. The van der Waals surface area contributed by atoms with E-state index < -0.39 is 0 Å². The molecule has 4 rings (SSSR count). The smallest absolute Gasteiger partial charge is 0.252 e. The fraction of sp³-hybridized carbons (Fsp3) is 0.217. The normalized spacial score (nSPS) is 10.9. The molecular weight excluding hydrogens is 394 g/mol. The van der Waals surface area contributed by atoms with Gasteiger partial charge in [-0.15, -0.1) is 0 Å². The summed E-state index contributed by atoms with van der Waals surface area (Å²) >= 11 is 0. The van der Waals surface area contributed by atoms with Gasteiger partial charge in [0.25, 0.3) is 5.56 Å². The molecule has 0 fully saturated rings. The molecule has 0 aliphatic rings. The molecule has 0 aliphatic carbocycles. The maximum atomic E-state index is 12.3. The van der Waals surface area contributed by atoms with E-state index in [1.54, 1.807) is 26.4 Å². The minimum absolute atomic E-state index is 0.250. The second-order valence-electron chi connectivity index (χ2n) is 7.26. The summed E-state index contributed by atoms with van der Waals surface area (Å²) in [6.45, 7) is 6.04. The van der Waals surface area contributed by atoms with Gasteiger partial charge >= 0.3 is 0 Å². The van der Waals surface area contributed by atoms with Crippen molar-refractivity contribution in [3.63, 3.8) is 0 Å². The van der Waals surface area contributed by atoms with Crippen LogP contribution in [0.15, 0.2) is 41.2 Å². The van der Waals surface area contributed by atoms with E-state index in [9.17, 15) is 4.79 Å². The number of fused-ring (bicyclic) bond motifs is 1. The van der Waals surface area contributed by atoms with Crippen molar-refractivity contribution in [3.05, 3.63) is 63.6 Å². The van der Waals surface area contributed by atoms with Gasteiger partial charge in [0.2, 0.25) is 11.9 Å². The molecular formula is C23H23N5O3. The van der Waals surface area contributed by atoms with Crippen molar-refractivity contribution in [3.8, 4) is 22.8 Å². The second kappa shape index (κ2) is 8.06. The molecule has 0 saturated carbocycles. The van der Waals surface area contributed by atoms with E-state index in [1.165, 1.54) is 11.6 Å². The van der Waals surface area contributed by atoms with Crippen LogP contribution in [0.5, 0.6) is 11.5 Å². The maximum absolute atomic E-state index is 12.3. The predicted molar refractivity (Wildman–Crippen MR) is 120 cm³/mol. The molecule has 2 aromatic heterocycles. The van der Waals surface area contributed by atoms with Crippen LogP contribution in [0.25, 0.3) is 22.2 Å². The third-order valence-electron chi connectivity index (χ3n) is 5.15. The van der Waals surface area contributed by atoms with E-state index >= 15 is 0 Å². The van der Waals surface area contributed by atoms with Crippen LogP contribution in [-0.4, -0.2) is 34.2 Å². The first-order chi connectivity index (χ1) is 14.9. The first-order valence-electron chi connectivity index (χ1n) is 9.74. The Balaban J connectivity index is 1.73. The number of nitrogens with one attached hydrogen (secondary N) is 2. The molecule has 4 aromatic rings. The van der Waals surface area contributed by atoms with Crippen molar-refractivity contribution in [1.82, 2.24) is 19.9 Å². The van der Waals surface area contributed by atoms with Crippen LogP contribution in [0.2, 0.25) is 0 Å². The summed E-state index contributed by atoms with van der Waals surface area (Å²) in [5.74, 6) is 1.76. The number of ether oxygens (including phenoxy) is 2. The van der Waals surface area contributed by atoms with E-state index in [4.69, 9.17) is 9.47 Å². The van der Waals surface area contributed by atoms with Crippen LogP contribution in [-0.2, 0) is 0 Å². The average Bonchev–Trinajstić information content (AvgIpc) is 2.74. The molecule has 0 bridgehead atoms. The molecule has 0 radical (unpaired) electrons. The molecule has 2 heterocycles. The Hall–Kier alpha value is -3.94. The summed E-state index contributed by atoms with van der Waals surface area (Å²) in [6, 6.07) is 10.9. The number of hydrogen-bond acceptors (Lipinski definition) is 7. The van der Waals surface area contributed by atoms with E-state index in [-0.39, 0.29) is 11.5 Å². The lowest BCUT2D eigenvalue weighted by Gasteiger charge is -2.11. The Bertz CT molecular complexity index is 1350. The molecule has 0 saturated heterocycles. The molecule has 0 aliphatic heterocycles. The molecule has 31 heavy (non-hydrogen) atoms. The zero-order chi connectivity index (χ0) is 22.1. The molecule has 0 spiro atoms. The van der Waals surface area contributed by atoms with Crippen molar-refractivity contribution >= 4 is 22.8 Å². The number of hydrogen-bond donors (Lipinski definition) is 2. The van der Waals surface area contributed by atoms with E-state index in [0.29, 0.717) is 28.7 Å². The van der Waals surface area contributed by atoms with Gasteiger partial charge in [0.15, 0.2) is 11.5 Å². The molecule has 2 N–H and O–H groups in total. The van der Waals surface area contributed by atoms with Crippen molar-refractivity contribution in [1.29, 1.82) is 0 Å². The Labute approximate surface area is 179 Å². The van der Waals surface area contributed by atoms with Gasteiger partial charge in [0.05, 0.1) is 31.1 Å². The molecule has 8 nitrogen and oxygen atoms in total. The van der Waals surface area contributed by atoms with Crippen LogP contribution in [0.1, 0.15) is 16.8 Å². The Morgan fingerprint density at radius 1 is 0.871 bits per heavy atom. The van der Waals surface area contributed by atoms with Gasteiger partial charge in [0, 0.05) is 17.0 Å². The fourth-order valence-corrected chi connectivity index (χ4v) is 3.36. The first-order valence-corrected chi connectivity index (χ1v) is 9.74.